The maximum atomic E-state index is 11.3. The Hall–Kier alpha value is -3.35. The Bertz CT molecular complexity index is 1190. The quantitative estimate of drug-likeness (QED) is 0.570. The highest BCUT2D eigenvalue weighted by Crippen LogP contribution is 2.30. The average Bonchev–Trinajstić information content (AvgIpc) is 3.20. The number of carboxylic acid groups (broad SMARTS) is 1. The third kappa shape index (κ3) is 4.61. The monoisotopic (exact) mass is 471 g/mol. The van der Waals surface area contributed by atoms with Gasteiger partial charge in [0, 0.05) is 30.9 Å². The standard InChI is InChI=1S/C21H19Cl2N7O2/c22-16-4-3-13(10-17(16)23)19-26-11-15(5-7-24)30(19)18-6-8-25-20(28-18)27-14-2-1-9-29(12-14)21(31)32/h3-4,6,8,10-11,14H,1-2,5,9,12H2,(H,31,32)(H,25,27,28). The zero-order chi connectivity index (χ0) is 22.7. The van der Waals surface area contributed by atoms with Gasteiger partial charge in [0.25, 0.3) is 0 Å². The Balaban J connectivity index is 1.68. The minimum atomic E-state index is -0.933. The molecule has 3 aromatic rings. The molecular formula is C21H19Cl2N7O2. The fourth-order valence-corrected chi connectivity index (χ4v) is 3.98. The average molecular weight is 472 g/mol. The van der Waals surface area contributed by atoms with Gasteiger partial charge < -0.3 is 15.3 Å². The lowest BCUT2D eigenvalue weighted by Crippen LogP contribution is -2.44. The Labute approximate surface area is 194 Å². The number of carbonyl (C=O) groups is 1. The van der Waals surface area contributed by atoms with E-state index in [1.807, 2.05) is 0 Å². The molecule has 32 heavy (non-hydrogen) atoms. The predicted molar refractivity (Wildman–Crippen MR) is 120 cm³/mol. The van der Waals surface area contributed by atoms with Gasteiger partial charge in [-0.2, -0.15) is 10.2 Å². The van der Waals surface area contributed by atoms with Gasteiger partial charge in [0.05, 0.1) is 34.4 Å². The van der Waals surface area contributed by atoms with Crippen LogP contribution in [0, 0.1) is 11.3 Å². The maximum absolute atomic E-state index is 11.3. The smallest absolute Gasteiger partial charge is 0.407 e. The molecule has 0 saturated carbocycles. The van der Waals surface area contributed by atoms with Crippen molar-refractivity contribution in [3.8, 4) is 23.3 Å². The van der Waals surface area contributed by atoms with Crippen LogP contribution in [0.25, 0.3) is 17.2 Å². The van der Waals surface area contributed by atoms with Crippen LogP contribution >= 0.6 is 23.2 Å². The summed E-state index contributed by atoms with van der Waals surface area (Å²) in [7, 11) is 0. The summed E-state index contributed by atoms with van der Waals surface area (Å²) in [5.41, 5.74) is 1.38. The molecule has 0 radical (unpaired) electrons. The lowest BCUT2D eigenvalue weighted by molar-refractivity contribution is 0.132. The molecule has 164 valence electrons. The number of halogens is 2. The van der Waals surface area contributed by atoms with Gasteiger partial charge in [0.2, 0.25) is 5.95 Å². The van der Waals surface area contributed by atoms with E-state index in [4.69, 9.17) is 23.2 Å². The summed E-state index contributed by atoms with van der Waals surface area (Å²) in [6, 6.07) is 8.97. The first-order valence-electron chi connectivity index (χ1n) is 9.93. The zero-order valence-electron chi connectivity index (χ0n) is 16.9. The summed E-state index contributed by atoms with van der Waals surface area (Å²) in [6.07, 6.45) is 4.02. The number of likely N-dealkylation sites (tertiary alicyclic amines) is 1. The van der Waals surface area contributed by atoms with Crippen molar-refractivity contribution in [1.82, 2.24) is 24.4 Å². The van der Waals surface area contributed by atoms with E-state index in [2.05, 4.69) is 26.3 Å². The second-order valence-corrected chi connectivity index (χ2v) is 8.14. The van der Waals surface area contributed by atoms with Gasteiger partial charge in [-0.15, -0.1) is 0 Å². The van der Waals surface area contributed by atoms with E-state index in [0.717, 1.165) is 18.4 Å². The zero-order valence-corrected chi connectivity index (χ0v) is 18.4. The van der Waals surface area contributed by atoms with E-state index in [9.17, 15) is 15.2 Å². The molecule has 1 saturated heterocycles. The highest BCUT2D eigenvalue weighted by molar-refractivity contribution is 6.42. The van der Waals surface area contributed by atoms with Crippen molar-refractivity contribution < 1.29 is 9.90 Å². The Morgan fingerprint density at radius 2 is 2.12 bits per heavy atom. The number of nitrogens with zero attached hydrogens (tertiary/aromatic N) is 6. The summed E-state index contributed by atoms with van der Waals surface area (Å²) in [5.74, 6) is 1.46. The number of amides is 1. The molecule has 1 aromatic carbocycles. The molecule has 0 bridgehead atoms. The number of nitriles is 1. The van der Waals surface area contributed by atoms with Crippen LogP contribution in [0.5, 0.6) is 0 Å². The van der Waals surface area contributed by atoms with Crippen molar-refractivity contribution in [2.75, 3.05) is 18.4 Å². The van der Waals surface area contributed by atoms with E-state index >= 15 is 0 Å². The van der Waals surface area contributed by atoms with Crippen molar-refractivity contribution in [1.29, 1.82) is 5.26 Å². The van der Waals surface area contributed by atoms with Crippen LogP contribution in [0.15, 0.2) is 36.7 Å². The van der Waals surface area contributed by atoms with E-state index in [-0.39, 0.29) is 12.5 Å². The first-order chi connectivity index (χ1) is 15.5. The van der Waals surface area contributed by atoms with E-state index in [0.29, 0.717) is 46.4 Å². The molecule has 1 fully saturated rings. The molecule has 11 heteroatoms. The highest BCUT2D eigenvalue weighted by atomic mass is 35.5. The molecule has 0 spiro atoms. The van der Waals surface area contributed by atoms with Gasteiger partial charge in [0.1, 0.15) is 11.6 Å². The van der Waals surface area contributed by atoms with E-state index < -0.39 is 6.09 Å². The number of hydrogen-bond acceptors (Lipinski definition) is 6. The number of rotatable bonds is 5. The van der Waals surface area contributed by atoms with Crippen molar-refractivity contribution >= 4 is 35.2 Å². The van der Waals surface area contributed by atoms with Crippen LogP contribution in [0.4, 0.5) is 10.7 Å². The Morgan fingerprint density at radius 3 is 2.88 bits per heavy atom. The minimum absolute atomic E-state index is 0.0917. The molecule has 1 aliphatic heterocycles. The second-order valence-electron chi connectivity index (χ2n) is 7.32. The summed E-state index contributed by atoms with van der Waals surface area (Å²) in [4.78, 5) is 26.1. The number of anilines is 1. The van der Waals surface area contributed by atoms with Crippen LogP contribution in [-0.4, -0.2) is 54.8 Å². The molecule has 0 aliphatic carbocycles. The maximum Gasteiger partial charge on any atom is 0.407 e. The molecule has 1 aliphatic rings. The Morgan fingerprint density at radius 1 is 1.28 bits per heavy atom. The lowest BCUT2D eigenvalue weighted by atomic mass is 10.1. The molecule has 1 unspecified atom stereocenters. The number of benzene rings is 1. The van der Waals surface area contributed by atoms with Gasteiger partial charge in [-0.25, -0.2) is 14.8 Å². The van der Waals surface area contributed by atoms with Crippen LogP contribution in [0.2, 0.25) is 10.0 Å². The van der Waals surface area contributed by atoms with Crippen LogP contribution in [0.1, 0.15) is 18.5 Å². The van der Waals surface area contributed by atoms with Gasteiger partial charge >= 0.3 is 6.09 Å². The van der Waals surface area contributed by atoms with Crippen molar-refractivity contribution in [3.63, 3.8) is 0 Å². The summed E-state index contributed by atoms with van der Waals surface area (Å²) < 4.78 is 1.78. The molecule has 2 N–H and O–H groups in total. The number of hydrogen-bond donors (Lipinski definition) is 2. The van der Waals surface area contributed by atoms with E-state index in [1.54, 1.807) is 41.2 Å². The van der Waals surface area contributed by atoms with Gasteiger partial charge in [-0.3, -0.25) is 4.57 Å². The molecular weight excluding hydrogens is 453 g/mol. The normalized spacial score (nSPS) is 15.9. The number of aromatic nitrogens is 4. The summed E-state index contributed by atoms with van der Waals surface area (Å²) >= 11 is 12.2. The van der Waals surface area contributed by atoms with Crippen LogP contribution < -0.4 is 5.32 Å². The first kappa shape index (κ1) is 21.9. The summed E-state index contributed by atoms with van der Waals surface area (Å²) in [5, 5.41) is 22.6. The third-order valence-electron chi connectivity index (χ3n) is 5.17. The van der Waals surface area contributed by atoms with Crippen LogP contribution in [0.3, 0.4) is 0 Å². The number of imidazole rings is 1. The highest BCUT2D eigenvalue weighted by Gasteiger charge is 2.24. The minimum Gasteiger partial charge on any atom is -0.465 e. The molecule has 2 aromatic heterocycles. The van der Waals surface area contributed by atoms with Gasteiger partial charge in [0.15, 0.2) is 0 Å². The Kier molecular flexibility index (Phi) is 6.44. The summed E-state index contributed by atoms with van der Waals surface area (Å²) in [6.45, 7) is 0.885. The fourth-order valence-electron chi connectivity index (χ4n) is 3.68. The molecule has 1 atom stereocenters. The molecule has 9 nitrogen and oxygen atoms in total. The largest absolute Gasteiger partial charge is 0.465 e. The van der Waals surface area contributed by atoms with E-state index in [1.165, 1.54) is 4.90 Å². The topological polar surface area (TPSA) is 120 Å². The molecule has 4 rings (SSSR count). The molecule has 1 amide bonds. The van der Waals surface area contributed by atoms with Crippen molar-refractivity contribution in [2.24, 2.45) is 0 Å². The number of piperidine rings is 1. The van der Waals surface area contributed by atoms with Crippen molar-refractivity contribution in [3.05, 3.63) is 52.4 Å². The van der Waals surface area contributed by atoms with Gasteiger partial charge in [-0.1, -0.05) is 23.2 Å². The molecule has 3 heterocycles. The predicted octanol–water partition coefficient (Wildman–Crippen LogP) is 4.26. The SMILES string of the molecule is N#CCc1cnc(-c2ccc(Cl)c(Cl)c2)n1-c1ccnc(NC2CCCN(C(=O)O)C2)n1. The van der Waals surface area contributed by atoms with Crippen LogP contribution in [-0.2, 0) is 6.42 Å². The van der Waals surface area contributed by atoms with Gasteiger partial charge in [-0.05, 0) is 37.1 Å². The third-order valence-corrected chi connectivity index (χ3v) is 5.91. The first-order valence-corrected chi connectivity index (χ1v) is 10.7. The van der Waals surface area contributed by atoms with Crippen molar-refractivity contribution in [2.45, 2.75) is 25.3 Å². The fraction of sp³-hybridized carbons (Fsp3) is 0.286. The lowest BCUT2D eigenvalue weighted by Gasteiger charge is -2.31. The second kappa shape index (κ2) is 9.42. The number of nitrogens with one attached hydrogen (secondary N) is 1.